The van der Waals surface area contributed by atoms with Crippen molar-refractivity contribution < 1.29 is 14.3 Å². The number of halogens is 1. The molecule has 0 spiro atoms. The Morgan fingerprint density at radius 3 is 2.76 bits per heavy atom. The number of rotatable bonds is 5. The van der Waals surface area contributed by atoms with Gasteiger partial charge in [-0.05, 0) is 55.5 Å². The van der Waals surface area contributed by atoms with E-state index in [0.29, 0.717) is 48.6 Å². The quantitative estimate of drug-likeness (QED) is 0.355. The molecule has 0 unspecified atom stereocenters. The number of carbonyl (C=O) groups is 1. The van der Waals surface area contributed by atoms with Crippen molar-refractivity contribution in [2.24, 2.45) is 0 Å². The van der Waals surface area contributed by atoms with Crippen LogP contribution in [0.3, 0.4) is 0 Å². The van der Waals surface area contributed by atoms with Gasteiger partial charge in [0.2, 0.25) is 0 Å². The third-order valence-electron chi connectivity index (χ3n) is 5.80. The van der Waals surface area contributed by atoms with E-state index < -0.39 is 0 Å². The number of nitrogens with zero attached hydrogens (tertiary/aromatic N) is 4. The topological polar surface area (TPSA) is 102 Å². The number of benzene rings is 2. The molecular formula is C28H25ClN6O3. The number of amides is 2. The van der Waals surface area contributed by atoms with Crippen molar-refractivity contribution in [2.45, 2.75) is 6.92 Å². The molecule has 2 aromatic heterocycles. The third kappa shape index (κ3) is 6.29. The van der Waals surface area contributed by atoms with Gasteiger partial charge in [0.05, 0.1) is 36.5 Å². The molecule has 1 aliphatic rings. The first-order chi connectivity index (χ1) is 18.5. The number of anilines is 2. The Labute approximate surface area is 225 Å². The molecule has 192 valence electrons. The molecule has 2 amide bonds. The molecule has 3 heterocycles. The van der Waals surface area contributed by atoms with Crippen LogP contribution in [0.25, 0.3) is 10.9 Å². The van der Waals surface area contributed by atoms with Crippen molar-refractivity contribution in [3.05, 3.63) is 77.3 Å². The third-order valence-corrected chi connectivity index (χ3v) is 6.10. The fourth-order valence-electron chi connectivity index (χ4n) is 3.82. The van der Waals surface area contributed by atoms with Crippen molar-refractivity contribution in [1.29, 1.82) is 0 Å². The number of urea groups is 1. The van der Waals surface area contributed by atoms with E-state index in [4.69, 9.17) is 21.1 Å². The van der Waals surface area contributed by atoms with Gasteiger partial charge in [-0.25, -0.2) is 14.8 Å². The second-order valence-electron chi connectivity index (χ2n) is 8.52. The van der Waals surface area contributed by atoms with Gasteiger partial charge < -0.3 is 25.0 Å². The van der Waals surface area contributed by atoms with Gasteiger partial charge in [0, 0.05) is 35.4 Å². The molecule has 1 saturated heterocycles. The maximum Gasteiger partial charge on any atom is 0.318 e. The minimum Gasteiger partial charge on any atom is -0.454 e. The lowest BCUT2D eigenvalue weighted by Crippen LogP contribution is -2.46. The fourth-order valence-corrected chi connectivity index (χ4v) is 4.04. The monoisotopic (exact) mass is 528 g/mol. The van der Waals surface area contributed by atoms with Gasteiger partial charge in [-0.3, -0.25) is 4.98 Å². The molecule has 5 rings (SSSR count). The van der Waals surface area contributed by atoms with Gasteiger partial charge in [-0.1, -0.05) is 23.4 Å². The van der Waals surface area contributed by atoms with E-state index in [-0.39, 0.29) is 12.6 Å². The molecule has 0 bridgehead atoms. The standard InChI is InChI=1S/C28H25ClN6O3/c1-19-4-7-22(17-31-19)38-26-9-6-21(16-24(26)29)34-27-23-15-20(5-8-25(23)32-18-33-27)3-2-10-30-28(36)35-11-13-37-14-12-35/h4-9,15-18H,10-14H2,1H3,(H,30,36)(H,32,33,34). The highest BCUT2D eigenvalue weighted by atomic mass is 35.5. The summed E-state index contributed by atoms with van der Waals surface area (Å²) in [5, 5.41) is 7.38. The average Bonchev–Trinajstić information content (AvgIpc) is 2.94. The van der Waals surface area contributed by atoms with E-state index in [1.54, 1.807) is 23.2 Å². The SMILES string of the molecule is Cc1ccc(Oc2ccc(Nc3ncnc4ccc(C#CCNC(=O)N5CCOCC5)cc34)cc2Cl)cn1. The van der Waals surface area contributed by atoms with Gasteiger partial charge in [0.15, 0.2) is 0 Å². The van der Waals surface area contributed by atoms with E-state index in [9.17, 15) is 4.79 Å². The maximum absolute atomic E-state index is 12.2. The molecule has 1 fully saturated rings. The van der Waals surface area contributed by atoms with Gasteiger partial charge in [0.1, 0.15) is 23.6 Å². The molecule has 1 aliphatic heterocycles. The summed E-state index contributed by atoms with van der Waals surface area (Å²) in [6.45, 7) is 4.45. The Kier molecular flexibility index (Phi) is 7.83. The average molecular weight is 529 g/mol. The van der Waals surface area contributed by atoms with Crippen LogP contribution in [0.5, 0.6) is 11.5 Å². The summed E-state index contributed by atoms with van der Waals surface area (Å²) in [7, 11) is 0. The lowest BCUT2D eigenvalue weighted by atomic mass is 10.1. The van der Waals surface area contributed by atoms with Crippen LogP contribution in [-0.2, 0) is 4.74 Å². The first kappa shape index (κ1) is 25.3. The normalized spacial score (nSPS) is 12.9. The number of nitrogens with one attached hydrogen (secondary N) is 2. The fraction of sp³-hybridized carbons (Fsp3) is 0.214. The summed E-state index contributed by atoms with van der Waals surface area (Å²) in [5.41, 5.74) is 3.20. The van der Waals surface area contributed by atoms with Crippen molar-refractivity contribution in [3.63, 3.8) is 0 Å². The highest BCUT2D eigenvalue weighted by Gasteiger charge is 2.15. The molecule has 10 heteroatoms. The van der Waals surface area contributed by atoms with Crippen LogP contribution < -0.4 is 15.4 Å². The predicted molar refractivity (Wildman–Crippen MR) is 146 cm³/mol. The van der Waals surface area contributed by atoms with E-state index in [1.165, 1.54) is 6.33 Å². The number of morpholine rings is 1. The van der Waals surface area contributed by atoms with E-state index in [0.717, 1.165) is 27.8 Å². The molecule has 2 aromatic carbocycles. The highest BCUT2D eigenvalue weighted by Crippen LogP contribution is 2.33. The number of ether oxygens (including phenoxy) is 2. The molecule has 0 atom stereocenters. The van der Waals surface area contributed by atoms with Gasteiger partial charge in [0.25, 0.3) is 0 Å². The Bertz CT molecular complexity index is 1510. The number of carbonyl (C=O) groups excluding carboxylic acids is 1. The lowest BCUT2D eigenvalue weighted by Gasteiger charge is -2.26. The summed E-state index contributed by atoms with van der Waals surface area (Å²) in [5.74, 6) is 7.85. The minimum atomic E-state index is -0.133. The second kappa shape index (κ2) is 11.8. The zero-order chi connectivity index (χ0) is 26.3. The minimum absolute atomic E-state index is 0.133. The molecular weight excluding hydrogens is 504 g/mol. The predicted octanol–water partition coefficient (Wildman–Crippen LogP) is 4.92. The second-order valence-corrected chi connectivity index (χ2v) is 8.93. The molecule has 0 saturated carbocycles. The number of aromatic nitrogens is 3. The smallest absolute Gasteiger partial charge is 0.318 e. The van der Waals surface area contributed by atoms with Crippen LogP contribution >= 0.6 is 11.6 Å². The van der Waals surface area contributed by atoms with Gasteiger partial charge >= 0.3 is 6.03 Å². The van der Waals surface area contributed by atoms with Crippen molar-refractivity contribution in [3.8, 4) is 23.3 Å². The number of hydrogen-bond donors (Lipinski definition) is 2. The largest absolute Gasteiger partial charge is 0.454 e. The molecule has 4 aromatic rings. The number of fused-ring (bicyclic) bond motifs is 1. The van der Waals surface area contributed by atoms with Crippen molar-refractivity contribution in [2.75, 3.05) is 38.2 Å². The van der Waals surface area contributed by atoms with E-state index >= 15 is 0 Å². The lowest BCUT2D eigenvalue weighted by molar-refractivity contribution is 0.0535. The van der Waals surface area contributed by atoms with Crippen LogP contribution in [0.4, 0.5) is 16.3 Å². The zero-order valence-electron chi connectivity index (χ0n) is 20.7. The highest BCUT2D eigenvalue weighted by molar-refractivity contribution is 6.32. The number of pyridine rings is 1. The first-order valence-electron chi connectivity index (χ1n) is 12.1. The Balaban J connectivity index is 1.27. The molecule has 0 aliphatic carbocycles. The van der Waals surface area contributed by atoms with Gasteiger partial charge in [-0.2, -0.15) is 0 Å². The summed E-state index contributed by atoms with van der Waals surface area (Å²) in [4.78, 5) is 26.9. The van der Waals surface area contributed by atoms with E-state index in [1.807, 2.05) is 43.3 Å². The molecule has 9 nitrogen and oxygen atoms in total. The summed E-state index contributed by atoms with van der Waals surface area (Å²) in [6.07, 6.45) is 3.16. The van der Waals surface area contributed by atoms with Crippen LogP contribution in [0, 0.1) is 18.8 Å². The summed E-state index contributed by atoms with van der Waals surface area (Å²) in [6, 6.07) is 14.7. The zero-order valence-corrected chi connectivity index (χ0v) is 21.5. The van der Waals surface area contributed by atoms with Crippen molar-refractivity contribution in [1.82, 2.24) is 25.2 Å². The van der Waals surface area contributed by atoms with Crippen LogP contribution in [0.15, 0.2) is 61.1 Å². The summed E-state index contributed by atoms with van der Waals surface area (Å²) < 4.78 is 11.1. The summed E-state index contributed by atoms with van der Waals surface area (Å²) >= 11 is 6.49. The van der Waals surface area contributed by atoms with Crippen molar-refractivity contribution >= 4 is 40.0 Å². The van der Waals surface area contributed by atoms with Crippen LogP contribution in [0.2, 0.25) is 5.02 Å². The molecule has 0 radical (unpaired) electrons. The first-order valence-corrected chi connectivity index (χ1v) is 12.4. The Morgan fingerprint density at radius 1 is 1.11 bits per heavy atom. The number of aryl methyl sites for hydroxylation is 1. The van der Waals surface area contributed by atoms with Crippen LogP contribution in [0.1, 0.15) is 11.3 Å². The molecule has 2 N–H and O–H groups in total. The Morgan fingerprint density at radius 2 is 1.97 bits per heavy atom. The Hall–Kier alpha value is -4.39. The van der Waals surface area contributed by atoms with Crippen LogP contribution in [-0.4, -0.2) is 58.7 Å². The maximum atomic E-state index is 12.2. The van der Waals surface area contributed by atoms with E-state index in [2.05, 4.69) is 37.4 Å². The number of hydrogen-bond acceptors (Lipinski definition) is 7. The van der Waals surface area contributed by atoms with Gasteiger partial charge in [-0.15, -0.1) is 0 Å². The molecule has 38 heavy (non-hydrogen) atoms.